The zero-order valence-electron chi connectivity index (χ0n) is 13.5. The van der Waals surface area contributed by atoms with Crippen LogP contribution in [0.5, 0.6) is 0 Å². The number of carbonyl (C=O) groups excluding carboxylic acids is 2. The molecule has 3 aromatic carbocycles. The van der Waals surface area contributed by atoms with E-state index in [-0.39, 0.29) is 44.5 Å². The van der Waals surface area contributed by atoms with Gasteiger partial charge in [0, 0.05) is 32.7 Å². The Hall–Kier alpha value is -2.10. The summed E-state index contributed by atoms with van der Waals surface area (Å²) >= 11 is 0. The minimum atomic E-state index is -0.289. The van der Waals surface area contributed by atoms with Crippen LogP contribution < -0.4 is 4.90 Å². The summed E-state index contributed by atoms with van der Waals surface area (Å²) in [6.45, 7) is 0. The van der Waals surface area contributed by atoms with Crippen molar-refractivity contribution in [3.63, 3.8) is 0 Å². The second-order valence-corrected chi connectivity index (χ2v) is 5.75. The fourth-order valence-electron chi connectivity index (χ4n) is 2.96. The molecule has 3 aromatic rings. The molecule has 2 amide bonds. The van der Waals surface area contributed by atoms with E-state index in [1.165, 1.54) is 10.5 Å². The number of anilines is 1. The summed E-state index contributed by atoms with van der Waals surface area (Å²) in [7, 11) is 0. The fourth-order valence-corrected chi connectivity index (χ4v) is 2.96. The van der Waals surface area contributed by atoms with E-state index in [1.807, 2.05) is 42.5 Å². The third-order valence-electron chi connectivity index (χ3n) is 4.18. The van der Waals surface area contributed by atoms with Crippen LogP contribution >= 0.6 is 0 Å². The van der Waals surface area contributed by atoms with Crippen LogP contribution in [0.1, 0.15) is 31.8 Å². The van der Waals surface area contributed by atoms with E-state index in [9.17, 15) is 9.59 Å². The van der Waals surface area contributed by atoms with Gasteiger partial charge in [-0.15, -0.1) is 0 Å². The van der Waals surface area contributed by atoms with Crippen LogP contribution in [-0.2, 0) is 39.1 Å². The molecule has 0 aliphatic carbocycles. The fraction of sp³-hybridized carbons (Fsp3) is 0.0476. The summed E-state index contributed by atoms with van der Waals surface area (Å²) in [5.74, 6) is -0.567. The minimum absolute atomic E-state index is 0. The van der Waals surface area contributed by atoms with Crippen LogP contribution in [0.4, 0.5) is 5.69 Å². The molecular weight excluding hydrogens is 387 g/mol. The molecule has 1 heterocycles. The van der Waals surface area contributed by atoms with E-state index in [4.69, 9.17) is 0 Å². The molecule has 3 nitrogen and oxygen atoms in total. The molecule has 4 rings (SSSR count). The first-order valence-corrected chi connectivity index (χ1v) is 7.76. The Morgan fingerprint density at radius 3 is 2.08 bits per heavy atom. The third-order valence-corrected chi connectivity index (χ3v) is 4.18. The number of fused-ring (bicyclic) bond motifs is 1. The molecule has 0 saturated heterocycles. The van der Waals surface area contributed by atoms with Crippen molar-refractivity contribution >= 4 is 17.5 Å². The van der Waals surface area contributed by atoms with Gasteiger partial charge < -0.3 is 0 Å². The average Bonchev–Trinajstić information content (AvgIpc) is 2.88. The maximum atomic E-state index is 12.5. The summed E-state index contributed by atoms with van der Waals surface area (Å²) in [6.07, 6.45) is 0.818. The second kappa shape index (κ2) is 7.42. The Morgan fingerprint density at radius 2 is 1.40 bits per heavy atom. The van der Waals surface area contributed by atoms with Crippen molar-refractivity contribution in [2.24, 2.45) is 0 Å². The molecule has 0 fully saturated rings. The number of amides is 2. The number of rotatable bonds is 3. The molecule has 1 aliphatic heterocycles. The molecule has 0 saturated carbocycles. The summed E-state index contributed by atoms with van der Waals surface area (Å²) in [5, 5.41) is 0. The van der Waals surface area contributed by atoms with Crippen molar-refractivity contribution in [1.29, 1.82) is 0 Å². The Balaban J connectivity index is 0.00000182. The molecule has 0 unspecified atom stereocenters. The molecule has 119 valence electrons. The Bertz CT molecular complexity index is 885. The van der Waals surface area contributed by atoms with Gasteiger partial charge in [0.05, 0.1) is 5.69 Å². The van der Waals surface area contributed by atoms with E-state index in [0.29, 0.717) is 16.8 Å². The standard InChI is InChI=1S/C21H14NO2.Y/c23-20-18-8-4-5-9-19(18)21(24)22(20)17-12-10-16(11-13-17)14-15-6-2-1-3-7-15;/h1-4,6-13H,14H2;/q-1;. The average molecular weight is 401 g/mol. The summed E-state index contributed by atoms with van der Waals surface area (Å²) in [5.41, 5.74) is 3.80. The van der Waals surface area contributed by atoms with Crippen molar-refractivity contribution in [2.75, 3.05) is 4.90 Å². The molecule has 0 atom stereocenters. The molecule has 4 heteroatoms. The van der Waals surface area contributed by atoms with Crippen molar-refractivity contribution in [3.05, 3.63) is 101 Å². The van der Waals surface area contributed by atoms with Crippen LogP contribution in [0.2, 0.25) is 0 Å². The second-order valence-electron chi connectivity index (χ2n) is 5.75. The normalized spacial score (nSPS) is 12.7. The first-order chi connectivity index (χ1) is 11.7. The smallest absolute Gasteiger partial charge is 0.240 e. The molecule has 0 spiro atoms. The zero-order chi connectivity index (χ0) is 16.5. The van der Waals surface area contributed by atoms with Crippen LogP contribution in [0.25, 0.3) is 0 Å². The summed E-state index contributed by atoms with van der Waals surface area (Å²) in [6, 6.07) is 25.4. The van der Waals surface area contributed by atoms with Gasteiger partial charge in [0.1, 0.15) is 0 Å². The van der Waals surface area contributed by atoms with Gasteiger partial charge in [-0.1, -0.05) is 53.6 Å². The van der Waals surface area contributed by atoms with Gasteiger partial charge in [-0.05, 0) is 29.7 Å². The predicted octanol–water partition coefficient (Wildman–Crippen LogP) is 3.88. The SMILES string of the molecule is O=C1c2c[c-]ccc2C(=O)N1c1ccc(Cc2ccccc2)cc1.[Y]. The minimum Gasteiger partial charge on any atom is -0.283 e. The molecule has 0 bridgehead atoms. The summed E-state index contributed by atoms with van der Waals surface area (Å²) < 4.78 is 0. The Morgan fingerprint density at radius 1 is 0.760 bits per heavy atom. The summed E-state index contributed by atoms with van der Waals surface area (Å²) in [4.78, 5) is 26.2. The zero-order valence-corrected chi connectivity index (χ0v) is 16.3. The number of benzene rings is 3. The first kappa shape index (κ1) is 17.7. The van der Waals surface area contributed by atoms with Gasteiger partial charge in [-0.3, -0.25) is 14.5 Å². The van der Waals surface area contributed by atoms with Gasteiger partial charge in [0.15, 0.2) is 0 Å². The van der Waals surface area contributed by atoms with Crippen LogP contribution in [-0.4, -0.2) is 11.8 Å². The van der Waals surface area contributed by atoms with Crippen molar-refractivity contribution in [1.82, 2.24) is 0 Å². The predicted molar refractivity (Wildman–Crippen MR) is 92.1 cm³/mol. The van der Waals surface area contributed by atoms with E-state index in [1.54, 1.807) is 18.2 Å². The largest absolute Gasteiger partial charge is 0.283 e. The van der Waals surface area contributed by atoms with E-state index >= 15 is 0 Å². The van der Waals surface area contributed by atoms with E-state index in [2.05, 4.69) is 18.2 Å². The number of carbonyl (C=O) groups is 2. The van der Waals surface area contributed by atoms with Crippen molar-refractivity contribution in [2.45, 2.75) is 6.42 Å². The number of hydrogen-bond acceptors (Lipinski definition) is 2. The van der Waals surface area contributed by atoms with Crippen LogP contribution in [0.15, 0.2) is 72.8 Å². The quantitative estimate of drug-likeness (QED) is 0.494. The van der Waals surface area contributed by atoms with E-state index in [0.717, 1.165) is 12.0 Å². The molecule has 25 heavy (non-hydrogen) atoms. The molecule has 1 radical (unpaired) electrons. The molecule has 0 aromatic heterocycles. The number of imide groups is 1. The van der Waals surface area contributed by atoms with Gasteiger partial charge in [-0.2, -0.15) is 24.3 Å². The topological polar surface area (TPSA) is 37.4 Å². The van der Waals surface area contributed by atoms with Gasteiger partial charge >= 0.3 is 0 Å². The van der Waals surface area contributed by atoms with E-state index < -0.39 is 0 Å². The van der Waals surface area contributed by atoms with Crippen LogP contribution in [0, 0.1) is 6.07 Å². The van der Waals surface area contributed by atoms with Gasteiger partial charge in [0.2, 0.25) is 11.8 Å². The Labute approximate surface area is 171 Å². The first-order valence-electron chi connectivity index (χ1n) is 7.76. The number of nitrogens with zero attached hydrogens (tertiary/aromatic N) is 1. The molecule has 1 aliphatic rings. The maximum Gasteiger partial charge on any atom is 0.240 e. The maximum absolute atomic E-state index is 12.5. The molecular formula is C21H14NO2Y-. The van der Waals surface area contributed by atoms with Crippen LogP contribution in [0.3, 0.4) is 0 Å². The van der Waals surface area contributed by atoms with Crippen molar-refractivity contribution in [3.8, 4) is 0 Å². The molecule has 0 N–H and O–H groups in total. The monoisotopic (exact) mass is 401 g/mol. The number of hydrogen-bond donors (Lipinski definition) is 0. The Kier molecular flexibility index (Phi) is 5.26. The van der Waals surface area contributed by atoms with Gasteiger partial charge in [0.25, 0.3) is 0 Å². The van der Waals surface area contributed by atoms with Crippen molar-refractivity contribution < 1.29 is 42.3 Å². The van der Waals surface area contributed by atoms with Gasteiger partial charge in [-0.25, -0.2) is 0 Å². The third kappa shape index (κ3) is 3.35.